The van der Waals surface area contributed by atoms with Crippen LogP contribution in [0.25, 0.3) is 0 Å². The third-order valence-electron chi connectivity index (χ3n) is 7.50. The Labute approximate surface area is 240 Å². The summed E-state index contributed by atoms with van der Waals surface area (Å²) < 4.78 is 39.0. The number of hydrogen-bond acceptors (Lipinski definition) is 6. The lowest BCUT2D eigenvalue weighted by Crippen LogP contribution is -2.40. The first-order chi connectivity index (χ1) is 19.2. The number of ether oxygens (including phenoxy) is 2. The van der Waals surface area contributed by atoms with Crippen molar-refractivity contribution in [1.82, 2.24) is 4.90 Å². The number of sulfone groups is 1. The number of amides is 1. The molecule has 0 saturated carbocycles. The molecule has 0 N–H and O–H groups in total. The largest absolute Gasteiger partial charge is 0.493 e. The topological polar surface area (TPSA) is 90.0 Å². The van der Waals surface area contributed by atoms with E-state index < -0.39 is 15.9 Å². The van der Waals surface area contributed by atoms with Crippen molar-refractivity contribution in [2.75, 3.05) is 20.8 Å². The Morgan fingerprint density at radius 3 is 2.27 bits per heavy atom. The quantitative estimate of drug-likeness (QED) is 0.260. The summed E-state index contributed by atoms with van der Waals surface area (Å²) >= 11 is 3.48. The maximum absolute atomic E-state index is 14.1. The number of halogens is 1. The molecule has 1 atom stereocenters. The van der Waals surface area contributed by atoms with Crippen molar-refractivity contribution in [1.29, 1.82) is 0 Å². The molecule has 0 aliphatic carbocycles. The van der Waals surface area contributed by atoms with Gasteiger partial charge in [0.25, 0.3) is 5.91 Å². The fourth-order valence-corrected chi connectivity index (χ4v) is 7.49. The Morgan fingerprint density at radius 1 is 0.875 bits per heavy atom. The normalized spacial score (nSPS) is 16.9. The molecular formula is C31H24BrNO6S. The van der Waals surface area contributed by atoms with Gasteiger partial charge in [0, 0.05) is 27.7 Å². The highest BCUT2D eigenvalue weighted by molar-refractivity contribution is 9.10. The van der Waals surface area contributed by atoms with Gasteiger partial charge in [-0.3, -0.25) is 9.59 Å². The van der Waals surface area contributed by atoms with Gasteiger partial charge in [-0.05, 0) is 77.7 Å². The van der Waals surface area contributed by atoms with E-state index >= 15 is 0 Å². The second-order valence-electron chi connectivity index (χ2n) is 9.65. The smallest absolute Gasteiger partial charge is 0.254 e. The monoisotopic (exact) mass is 617 g/mol. The minimum atomic E-state index is -3.98. The summed E-state index contributed by atoms with van der Waals surface area (Å²) in [5.74, 6) is 0.452. The van der Waals surface area contributed by atoms with Crippen LogP contribution >= 0.6 is 15.9 Å². The molecule has 1 amide bonds. The number of rotatable bonds is 4. The molecule has 0 spiro atoms. The Kier molecular flexibility index (Phi) is 6.51. The molecule has 4 aromatic carbocycles. The predicted molar refractivity (Wildman–Crippen MR) is 152 cm³/mol. The van der Waals surface area contributed by atoms with E-state index in [9.17, 15) is 18.0 Å². The molecule has 4 aromatic rings. The van der Waals surface area contributed by atoms with E-state index in [2.05, 4.69) is 15.9 Å². The third kappa shape index (κ3) is 4.12. The number of nitrogens with zero attached hydrogens (tertiary/aromatic N) is 1. The Bertz CT molecular complexity index is 1800. The molecule has 0 saturated heterocycles. The number of fused-ring (bicyclic) bond motifs is 3. The molecule has 40 heavy (non-hydrogen) atoms. The van der Waals surface area contributed by atoms with Crippen molar-refractivity contribution in [3.05, 3.63) is 117 Å². The van der Waals surface area contributed by atoms with E-state index in [1.54, 1.807) is 31.3 Å². The summed E-state index contributed by atoms with van der Waals surface area (Å²) in [5.41, 5.74) is 3.22. The highest BCUT2D eigenvalue weighted by atomic mass is 79.9. The van der Waals surface area contributed by atoms with Gasteiger partial charge in [-0.15, -0.1) is 0 Å². The van der Waals surface area contributed by atoms with E-state index in [0.717, 1.165) is 21.2 Å². The van der Waals surface area contributed by atoms with E-state index in [-0.39, 0.29) is 38.2 Å². The van der Waals surface area contributed by atoms with Crippen LogP contribution in [0.1, 0.15) is 49.0 Å². The Hall–Kier alpha value is -3.95. The molecule has 0 radical (unpaired) electrons. The van der Waals surface area contributed by atoms with Gasteiger partial charge >= 0.3 is 0 Å². The molecule has 2 aliphatic heterocycles. The molecule has 0 fully saturated rings. The van der Waals surface area contributed by atoms with Crippen molar-refractivity contribution in [2.24, 2.45) is 0 Å². The van der Waals surface area contributed by atoms with Gasteiger partial charge in [-0.1, -0.05) is 40.2 Å². The standard InChI is InChI=1S/C31H24BrNO6S/c1-38-25-15-19-13-14-33(29(24(19)17-26(25)39-2)18-7-10-21(32)11-8-18)31(35)20-9-12-23-28(16-20)40(36,37)27-6-4-3-5-22(27)30(23)34/h3-12,15-17,29H,13-14H2,1-2H3/t29-/m0/s1. The van der Waals surface area contributed by atoms with Gasteiger partial charge in [-0.2, -0.15) is 0 Å². The molecule has 0 aromatic heterocycles. The van der Waals surface area contributed by atoms with E-state index in [1.807, 2.05) is 36.4 Å². The second-order valence-corrected chi connectivity index (χ2v) is 12.5. The van der Waals surface area contributed by atoms with Crippen molar-refractivity contribution in [2.45, 2.75) is 22.3 Å². The Balaban J connectivity index is 1.47. The summed E-state index contributed by atoms with van der Waals surface area (Å²) in [5, 5.41) is 0. The van der Waals surface area contributed by atoms with Crippen LogP contribution in [0.3, 0.4) is 0 Å². The van der Waals surface area contributed by atoms with Gasteiger partial charge in [0.2, 0.25) is 9.84 Å². The first-order valence-electron chi connectivity index (χ1n) is 12.6. The lowest BCUT2D eigenvalue weighted by atomic mass is 9.87. The van der Waals surface area contributed by atoms with Gasteiger partial charge in [0.15, 0.2) is 17.3 Å². The summed E-state index contributed by atoms with van der Waals surface area (Å²) in [6.45, 7) is 0.396. The highest BCUT2D eigenvalue weighted by Gasteiger charge is 2.37. The van der Waals surface area contributed by atoms with Crippen molar-refractivity contribution in [3.63, 3.8) is 0 Å². The second kappa shape index (κ2) is 9.91. The maximum atomic E-state index is 14.1. The Morgan fingerprint density at radius 2 is 1.55 bits per heavy atom. The fraction of sp³-hybridized carbons (Fsp3) is 0.161. The number of benzene rings is 4. The molecule has 0 bridgehead atoms. The van der Waals surface area contributed by atoms with Crippen molar-refractivity contribution >= 4 is 37.5 Å². The molecule has 7 nitrogen and oxygen atoms in total. The fourth-order valence-electron chi connectivity index (χ4n) is 5.55. The molecule has 2 heterocycles. The maximum Gasteiger partial charge on any atom is 0.254 e. The van der Waals surface area contributed by atoms with Crippen LogP contribution in [0.2, 0.25) is 0 Å². The van der Waals surface area contributed by atoms with Crippen LogP contribution < -0.4 is 9.47 Å². The molecule has 9 heteroatoms. The zero-order chi connectivity index (χ0) is 28.2. The van der Waals surface area contributed by atoms with Gasteiger partial charge in [0.05, 0.1) is 30.1 Å². The third-order valence-corrected chi connectivity index (χ3v) is 9.88. The molecule has 2 aliphatic rings. The SMILES string of the molecule is COc1cc2c(cc1OC)[C@H](c1ccc(Br)cc1)N(C(=O)c1ccc3c(c1)S(=O)(=O)c1ccccc1C3=O)CC2. The summed E-state index contributed by atoms with van der Waals surface area (Å²) in [6.07, 6.45) is 0.573. The number of carbonyl (C=O) groups is 2. The first-order valence-corrected chi connectivity index (χ1v) is 14.9. The summed E-state index contributed by atoms with van der Waals surface area (Å²) in [7, 11) is -0.831. The van der Waals surface area contributed by atoms with Gasteiger partial charge < -0.3 is 14.4 Å². The van der Waals surface area contributed by atoms with Crippen LogP contribution in [0.15, 0.2) is 93.1 Å². The molecular weight excluding hydrogens is 594 g/mol. The lowest BCUT2D eigenvalue weighted by molar-refractivity contribution is 0.0693. The zero-order valence-electron chi connectivity index (χ0n) is 21.7. The zero-order valence-corrected chi connectivity index (χ0v) is 24.1. The van der Waals surface area contributed by atoms with Crippen LogP contribution in [0.4, 0.5) is 0 Å². The number of hydrogen-bond donors (Lipinski definition) is 0. The summed E-state index contributed by atoms with van der Waals surface area (Å²) in [6, 6.07) is 21.6. The highest BCUT2D eigenvalue weighted by Crippen LogP contribution is 2.42. The van der Waals surface area contributed by atoms with Crippen LogP contribution in [0, 0.1) is 0 Å². The number of carbonyl (C=O) groups excluding carboxylic acids is 2. The first kappa shape index (κ1) is 26.3. The van der Waals surface area contributed by atoms with Crippen molar-refractivity contribution < 1.29 is 27.5 Å². The predicted octanol–water partition coefficient (Wildman–Crippen LogP) is 5.63. The van der Waals surface area contributed by atoms with Crippen LogP contribution in [-0.2, 0) is 16.3 Å². The lowest BCUT2D eigenvalue weighted by Gasteiger charge is -2.38. The van der Waals surface area contributed by atoms with Gasteiger partial charge in [-0.25, -0.2) is 8.42 Å². The average molecular weight is 619 g/mol. The van der Waals surface area contributed by atoms with Crippen molar-refractivity contribution in [3.8, 4) is 11.5 Å². The average Bonchev–Trinajstić information content (AvgIpc) is 2.98. The number of methoxy groups -OCH3 is 2. The van der Waals surface area contributed by atoms with Crippen LogP contribution in [-0.4, -0.2) is 45.8 Å². The summed E-state index contributed by atoms with van der Waals surface area (Å²) in [4.78, 5) is 28.8. The molecule has 0 unspecified atom stereocenters. The number of ketones is 1. The van der Waals surface area contributed by atoms with E-state index in [0.29, 0.717) is 24.5 Å². The van der Waals surface area contributed by atoms with E-state index in [1.165, 1.54) is 30.3 Å². The molecule has 202 valence electrons. The minimum absolute atomic E-state index is 0.0437. The minimum Gasteiger partial charge on any atom is -0.493 e. The molecule has 6 rings (SSSR count). The van der Waals surface area contributed by atoms with Crippen LogP contribution in [0.5, 0.6) is 11.5 Å². The van der Waals surface area contributed by atoms with E-state index in [4.69, 9.17) is 9.47 Å². The van der Waals surface area contributed by atoms with Gasteiger partial charge in [0.1, 0.15) is 0 Å².